The van der Waals surface area contributed by atoms with E-state index in [4.69, 9.17) is 5.73 Å². The first kappa shape index (κ1) is 10.2. The van der Waals surface area contributed by atoms with Gasteiger partial charge in [0, 0.05) is 23.7 Å². The Morgan fingerprint density at radius 2 is 2.44 bits per heavy atom. The second kappa shape index (κ2) is 4.11. The molecule has 1 aliphatic rings. The van der Waals surface area contributed by atoms with Crippen molar-refractivity contribution in [3.63, 3.8) is 0 Å². The summed E-state index contributed by atoms with van der Waals surface area (Å²) in [4.78, 5) is 4.69. The molecule has 3 rings (SSSR count). The van der Waals surface area contributed by atoms with Gasteiger partial charge < -0.3 is 10.1 Å². The van der Waals surface area contributed by atoms with E-state index >= 15 is 0 Å². The molecule has 84 valence electrons. The number of nitrogens with zero attached hydrogens (tertiary/aromatic N) is 2. The first-order valence-electron chi connectivity index (χ1n) is 5.67. The molecule has 4 heteroatoms. The van der Waals surface area contributed by atoms with Crippen LogP contribution in [-0.4, -0.2) is 15.1 Å². The van der Waals surface area contributed by atoms with Gasteiger partial charge in [0.05, 0.1) is 5.69 Å². The molecule has 1 saturated heterocycles. The van der Waals surface area contributed by atoms with Gasteiger partial charge in [-0.25, -0.2) is 4.98 Å². The number of imidazole rings is 1. The Morgan fingerprint density at radius 3 is 3.19 bits per heavy atom. The van der Waals surface area contributed by atoms with Crippen molar-refractivity contribution in [2.45, 2.75) is 24.6 Å². The average molecular weight is 233 g/mol. The predicted molar refractivity (Wildman–Crippen MR) is 67.5 cm³/mol. The summed E-state index contributed by atoms with van der Waals surface area (Å²) in [5.41, 5.74) is 9.08. The fourth-order valence-corrected chi connectivity index (χ4v) is 3.45. The van der Waals surface area contributed by atoms with Gasteiger partial charge in [0.2, 0.25) is 0 Å². The van der Waals surface area contributed by atoms with Gasteiger partial charge in [-0.2, -0.15) is 11.8 Å². The van der Waals surface area contributed by atoms with Crippen LogP contribution in [0.25, 0.3) is 5.65 Å². The quantitative estimate of drug-likeness (QED) is 0.866. The van der Waals surface area contributed by atoms with Crippen LogP contribution in [0.2, 0.25) is 0 Å². The molecule has 0 spiro atoms. The van der Waals surface area contributed by atoms with Crippen LogP contribution in [0.4, 0.5) is 0 Å². The number of hydrogen-bond acceptors (Lipinski definition) is 3. The summed E-state index contributed by atoms with van der Waals surface area (Å²) in [6.45, 7) is 0.560. The molecule has 0 radical (unpaired) electrons. The van der Waals surface area contributed by atoms with Crippen molar-refractivity contribution in [2.75, 3.05) is 5.75 Å². The van der Waals surface area contributed by atoms with E-state index in [1.54, 1.807) is 0 Å². The van der Waals surface area contributed by atoms with Crippen molar-refractivity contribution in [3.8, 4) is 0 Å². The number of nitrogens with two attached hydrogens (primary N) is 1. The molecular weight excluding hydrogens is 218 g/mol. The predicted octanol–water partition coefficient (Wildman–Crippen LogP) is 2.36. The zero-order chi connectivity index (χ0) is 11.0. The highest BCUT2D eigenvalue weighted by Gasteiger charge is 2.20. The maximum atomic E-state index is 5.72. The fraction of sp³-hybridized carbons (Fsp3) is 0.417. The molecule has 3 nitrogen and oxygen atoms in total. The molecule has 0 saturated carbocycles. The van der Waals surface area contributed by atoms with E-state index in [1.807, 2.05) is 23.9 Å². The van der Waals surface area contributed by atoms with Gasteiger partial charge >= 0.3 is 0 Å². The van der Waals surface area contributed by atoms with Crippen molar-refractivity contribution in [2.24, 2.45) is 5.73 Å². The van der Waals surface area contributed by atoms with Gasteiger partial charge in [-0.3, -0.25) is 0 Å². The second-order valence-electron chi connectivity index (χ2n) is 4.12. The summed E-state index contributed by atoms with van der Waals surface area (Å²) < 4.78 is 2.12. The largest absolute Gasteiger partial charge is 0.325 e. The summed E-state index contributed by atoms with van der Waals surface area (Å²) in [6.07, 6.45) is 4.72. The number of thioether (sulfide) groups is 1. The third-order valence-electron chi connectivity index (χ3n) is 3.06. The number of hydrogen-bond donors (Lipinski definition) is 1. The van der Waals surface area contributed by atoms with Crippen LogP contribution in [0.1, 0.15) is 29.5 Å². The number of rotatable bonds is 2. The lowest BCUT2D eigenvalue weighted by atomic mass is 10.2. The van der Waals surface area contributed by atoms with E-state index in [0.29, 0.717) is 11.8 Å². The summed E-state index contributed by atoms with van der Waals surface area (Å²) in [5.74, 6) is 1.27. The van der Waals surface area contributed by atoms with E-state index in [-0.39, 0.29) is 0 Å². The van der Waals surface area contributed by atoms with E-state index in [2.05, 4.69) is 21.6 Å². The van der Waals surface area contributed by atoms with Crippen molar-refractivity contribution in [3.05, 3.63) is 35.8 Å². The van der Waals surface area contributed by atoms with Crippen molar-refractivity contribution < 1.29 is 0 Å². The van der Waals surface area contributed by atoms with Gasteiger partial charge in [0.1, 0.15) is 5.65 Å². The van der Waals surface area contributed by atoms with Gasteiger partial charge in [-0.1, -0.05) is 6.07 Å². The third-order valence-corrected chi connectivity index (χ3v) is 4.47. The van der Waals surface area contributed by atoms with Crippen LogP contribution in [0.15, 0.2) is 24.4 Å². The second-order valence-corrected chi connectivity index (χ2v) is 5.43. The molecule has 1 fully saturated rings. The van der Waals surface area contributed by atoms with Crippen molar-refractivity contribution in [1.29, 1.82) is 0 Å². The molecule has 0 amide bonds. The molecule has 0 bridgehead atoms. The van der Waals surface area contributed by atoms with Crippen LogP contribution in [0.3, 0.4) is 0 Å². The summed E-state index contributed by atoms with van der Waals surface area (Å²) >= 11 is 2.02. The molecular formula is C12H15N3S. The Morgan fingerprint density at radius 1 is 1.50 bits per heavy atom. The normalized spacial score (nSPS) is 20.7. The molecule has 2 aromatic heterocycles. The first-order chi connectivity index (χ1) is 7.88. The minimum Gasteiger partial charge on any atom is -0.325 e. The summed E-state index contributed by atoms with van der Waals surface area (Å²) in [5, 5.41) is 0.588. The summed E-state index contributed by atoms with van der Waals surface area (Å²) in [7, 11) is 0. The maximum Gasteiger partial charge on any atom is 0.137 e. The lowest BCUT2D eigenvalue weighted by Gasteiger charge is -2.02. The minimum atomic E-state index is 0.560. The number of aromatic nitrogens is 2. The van der Waals surface area contributed by atoms with Crippen LogP contribution >= 0.6 is 11.8 Å². The number of fused-ring (bicyclic) bond motifs is 1. The lowest BCUT2D eigenvalue weighted by molar-refractivity contribution is 0.812. The van der Waals surface area contributed by atoms with Crippen molar-refractivity contribution >= 4 is 17.4 Å². The van der Waals surface area contributed by atoms with Crippen molar-refractivity contribution in [1.82, 2.24) is 9.38 Å². The van der Waals surface area contributed by atoms with Gasteiger partial charge in [-0.15, -0.1) is 0 Å². The molecule has 1 aliphatic heterocycles. The highest BCUT2D eigenvalue weighted by molar-refractivity contribution is 7.99. The Labute approximate surface area is 99.1 Å². The molecule has 0 aliphatic carbocycles. The Bertz CT molecular complexity index is 500. The topological polar surface area (TPSA) is 43.3 Å². The van der Waals surface area contributed by atoms with E-state index < -0.39 is 0 Å². The molecule has 16 heavy (non-hydrogen) atoms. The lowest BCUT2D eigenvalue weighted by Crippen LogP contribution is -2.02. The molecule has 3 heterocycles. The van der Waals surface area contributed by atoms with Crippen LogP contribution in [0, 0.1) is 0 Å². The highest BCUT2D eigenvalue weighted by Crippen LogP contribution is 2.39. The van der Waals surface area contributed by atoms with E-state index in [9.17, 15) is 0 Å². The average Bonchev–Trinajstić information content (AvgIpc) is 2.96. The Hall–Kier alpha value is -1.00. The molecule has 0 aromatic carbocycles. The van der Waals surface area contributed by atoms with Crippen LogP contribution in [0.5, 0.6) is 0 Å². The van der Waals surface area contributed by atoms with Crippen LogP contribution in [-0.2, 0) is 6.54 Å². The maximum absolute atomic E-state index is 5.72. The van der Waals surface area contributed by atoms with Gasteiger partial charge in [-0.05, 0) is 30.7 Å². The van der Waals surface area contributed by atoms with Gasteiger partial charge in [0.25, 0.3) is 0 Å². The minimum absolute atomic E-state index is 0.560. The molecule has 2 N–H and O–H groups in total. The Kier molecular flexibility index (Phi) is 2.61. The monoisotopic (exact) mass is 233 g/mol. The van der Waals surface area contributed by atoms with E-state index in [1.165, 1.54) is 24.3 Å². The van der Waals surface area contributed by atoms with E-state index in [0.717, 1.165) is 11.3 Å². The SMILES string of the molecule is NCc1cccc2nc(C3CCCS3)cn12. The zero-order valence-electron chi connectivity index (χ0n) is 9.10. The zero-order valence-corrected chi connectivity index (χ0v) is 9.91. The standard InChI is InChI=1S/C12H15N3S/c13-7-9-3-1-5-12-14-10(8-15(9)12)11-4-2-6-16-11/h1,3,5,8,11H,2,4,6-7,13H2. The van der Waals surface area contributed by atoms with Crippen LogP contribution < -0.4 is 5.73 Å². The highest BCUT2D eigenvalue weighted by atomic mass is 32.2. The number of pyridine rings is 1. The first-order valence-corrected chi connectivity index (χ1v) is 6.72. The van der Waals surface area contributed by atoms with Gasteiger partial charge in [0.15, 0.2) is 0 Å². The Balaban J connectivity index is 2.07. The molecule has 1 atom stereocenters. The smallest absolute Gasteiger partial charge is 0.137 e. The third kappa shape index (κ3) is 1.62. The fourth-order valence-electron chi connectivity index (χ4n) is 2.22. The molecule has 1 unspecified atom stereocenters. The summed E-state index contributed by atoms with van der Waals surface area (Å²) in [6, 6.07) is 6.12. The molecule has 2 aromatic rings.